The van der Waals surface area contributed by atoms with E-state index in [0.29, 0.717) is 18.6 Å². The second kappa shape index (κ2) is 10.1. The minimum Gasteiger partial charge on any atom is -0.393 e. The number of rotatable bonds is 9. The van der Waals surface area contributed by atoms with Gasteiger partial charge in [0.25, 0.3) is 0 Å². The number of hydrogen-bond acceptors (Lipinski definition) is 2. The number of ketones is 1. The summed E-state index contributed by atoms with van der Waals surface area (Å²) in [4.78, 5) is 11.6. The third-order valence-electron chi connectivity index (χ3n) is 2.85. The predicted octanol–water partition coefficient (Wildman–Crippen LogP) is 4.19. The number of carbonyl (C=O) groups is 1. The van der Waals surface area contributed by atoms with Crippen molar-refractivity contribution in [2.24, 2.45) is 0 Å². The van der Waals surface area contributed by atoms with Crippen molar-refractivity contribution in [2.45, 2.75) is 72.3 Å². The maximum absolute atomic E-state index is 11.6. The molecule has 2 heteroatoms. The first-order valence-electron chi connectivity index (χ1n) is 6.90. The van der Waals surface area contributed by atoms with Gasteiger partial charge in [0.15, 0.2) is 0 Å². The first kappa shape index (κ1) is 17.1. The van der Waals surface area contributed by atoms with Gasteiger partial charge in [-0.1, -0.05) is 23.3 Å². The van der Waals surface area contributed by atoms with Crippen LogP contribution in [0.25, 0.3) is 0 Å². The largest absolute Gasteiger partial charge is 0.393 e. The maximum atomic E-state index is 11.6. The van der Waals surface area contributed by atoms with E-state index in [0.717, 1.165) is 25.7 Å². The number of aliphatic hydroxyl groups excluding tert-OH is 1. The molecular weight excluding hydrogens is 224 g/mol. The van der Waals surface area contributed by atoms with Gasteiger partial charge in [0.1, 0.15) is 5.78 Å². The molecule has 1 atom stereocenters. The number of Topliss-reactive ketones (excluding diaryl/α,β-unsaturated/α-hetero) is 1. The summed E-state index contributed by atoms with van der Waals surface area (Å²) in [5.74, 6) is 0.343. The number of aliphatic hydroxyl groups is 1. The van der Waals surface area contributed by atoms with Crippen LogP contribution < -0.4 is 0 Å². The first-order valence-corrected chi connectivity index (χ1v) is 6.90. The molecule has 0 aliphatic heterocycles. The molecule has 0 spiro atoms. The molecule has 0 bridgehead atoms. The standard InChI is InChI=1S/C16H28O2/c1-13(2)7-5-10-16(18)12-11-14(3)8-6-9-15(4)17/h7-8,15,17H,5-6,9-12H2,1-4H3/t15-/m0/s1. The van der Waals surface area contributed by atoms with Crippen LogP contribution in [-0.2, 0) is 4.79 Å². The van der Waals surface area contributed by atoms with Crippen molar-refractivity contribution in [1.82, 2.24) is 0 Å². The summed E-state index contributed by atoms with van der Waals surface area (Å²) in [7, 11) is 0. The van der Waals surface area contributed by atoms with Crippen molar-refractivity contribution in [3.63, 3.8) is 0 Å². The van der Waals surface area contributed by atoms with Crippen LogP contribution >= 0.6 is 0 Å². The molecule has 0 saturated carbocycles. The molecule has 0 fully saturated rings. The molecule has 0 aromatic heterocycles. The van der Waals surface area contributed by atoms with Gasteiger partial charge in [0, 0.05) is 12.8 Å². The highest BCUT2D eigenvalue weighted by Crippen LogP contribution is 2.10. The van der Waals surface area contributed by atoms with Gasteiger partial charge in [-0.05, 0) is 53.4 Å². The van der Waals surface area contributed by atoms with Gasteiger partial charge in [-0.15, -0.1) is 0 Å². The lowest BCUT2D eigenvalue weighted by molar-refractivity contribution is -0.118. The average molecular weight is 252 g/mol. The molecule has 2 nitrogen and oxygen atoms in total. The SMILES string of the molecule is CC(C)=CCCC(=O)CCC(C)=CCC[C@H](C)O. The van der Waals surface area contributed by atoms with Crippen LogP contribution in [0, 0.1) is 0 Å². The van der Waals surface area contributed by atoms with Gasteiger partial charge in [-0.3, -0.25) is 4.79 Å². The Morgan fingerprint density at radius 3 is 2.28 bits per heavy atom. The van der Waals surface area contributed by atoms with E-state index in [1.165, 1.54) is 11.1 Å². The van der Waals surface area contributed by atoms with Gasteiger partial charge < -0.3 is 5.11 Å². The fraction of sp³-hybridized carbons (Fsp3) is 0.688. The number of hydrogen-bond donors (Lipinski definition) is 1. The van der Waals surface area contributed by atoms with Crippen LogP contribution in [0.15, 0.2) is 23.3 Å². The Labute approximate surface area is 112 Å². The van der Waals surface area contributed by atoms with Gasteiger partial charge in [-0.25, -0.2) is 0 Å². The van der Waals surface area contributed by atoms with E-state index in [-0.39, 0.29) is 6.10 Å². The van der Waals surface area contributed by atoms with E-state index in [2.05, 4.69) is 32.9 Å². The molecule has 18 heavy (non-hydrogen) atoms. The molecule has 0 unspecified atom stereocenters. The first-order chi connectivity index (χ1) is 8.41. The zero-order chi connectivity index (χ0) is 14.0. The van der Waals surface area contributed by atoms with E-state index < -0.39 is 0 Å². The Balaban J connectivity index is 3.74. The molecule has 0 radical (unpaired) electrons. The topological polar surface area (TPSA) is 37.3 Å². The molecule has 0 aromatic rings. The predicted molar refractivity (Wildman–Crippen MR) is 77.6 cm³/mol. The lowest BCUT2D eigenvalue weighted by Gasteiger charge is -2.03. The van der Waals surface area contributed by atoms with Crippen molar-refractivity contribution in [3.05, 3.63) is 23.3 Å². The summed E-state index contributed by atoms with van der Waals surface area (Å²) >= 11 is 0. The summed E-state index contributed by atoms with van der Waals surface area (Å²) in [6, 6.07) is 0. The number of allylic oxidation sites excluding steroid dienone is 4. The highest BCUT2D eigenvalue weighted by atomic mass is 16.3. The van der Waals surface area contributed by atoms with Crippen molar-refractivity contribution >= 4 is 5.78 Å². The summed E-state index contributed by atoms with van der Waals surface area (Å²) in [5, 5.41) is 9.14. The van der Waals surface area contributed by atoms with Crippen LogP contribution in [0.3, 0.4) is 0 Å². The quantitative estimate of drug-likeness (QED) is 0.625. The summed E-state index contributed by atoms with van der Waals surface area (Å²) < 4.78 is 0. The molecule has 0 aliphatic carbocycles. The number of carbonyl (C=O) groups excluding carboxylic acids is 1. The lowest BCUT2D eigenvalue weighted by Crippen LogP contribution is -1.99. The maximum Gasteiger partial charge on any atom is 0.133 e. The van der Waals surface area contributed by atoms with Gasteiger partial charge >= 0.3 is 0 Å². The van der Waals surface area contributed by atoms with Crippen LogP contribution in [0.2, 0.25) is 0 Å². The minimum atomic E-state index is -0.236. The van der Waals surface area contributed by atoms with Crippen molar-refractivity contribution in [1.29, 1.82) is 0 Å². The Bertz CT molecular complexity index is 294. The van der Waals surface area contributed by atoms with E-state index >= 15 is 0 Å². The Morgan fingerprint density at radius 2 is 1.72 bits per heavy atom. The summed E-state index contributed by atoms with van der Waals surface area (Å²) in [5.41, 5.74) is 2.53. The summed E-state index contributed by atoms with van der Waals surface area (Å²) in [6.07, 6.45) is 8.74. The minimum absolute atomic E-state index is 0.236. The molecule has 1 N–H and O–H groups in total. The Morgan fingerprint density at radius 1 is 1.06 bits per heavy atom. The van der Waals surface area contributed by atoms with Gasteiger partial charge in [-0.2, -0.15) is 0 Å². The van der Waals surface area contributed by atoms with Crippen molar-refractivity contribution in [2.75, 3.05) is 0 Å². The molecule has 0 aliphatic rings. The molecule has 0 rings (SSSR count). The van der Waals surface area contributed by atoms with Gasteiger partial charge in [0.05, 0.1) is 6.10 Å². The van der Waals surface area contributed by atoms with Crippen molar-refractivity contribution in [3.8, 4) is 0 Å². The molecular formula is C16H28O2. The highest BCUT2D eigenvalue weighted by molar-refractivity contribution is 5.78. The summed E-state index contributed by atoms with van der Waals surface area (Å²) in [6.45, 7) is 7.97. The van der Waals surface area contributed by atoms with Crippen LogP contribution in [-0.4, -0.2) is 17.0 Å². The van der Waals surface area contributed by atoms with Gasteiger partial charge in [0.2, 0.25) is 0 Å². The van der Waals surface area contributed by atoms with Crippen LogP contribution in [0.4, 0.5) is 0 Å². The fourth-order valence-corrected chi connectivity index (χ4v) is 1.66. The highest BCUT2D eigenvalue weighted by Gasteiger charge is 2.01. The zero-order valence-electron chi connectivity index (χ0n) is 12.3. The van der Waals surface area contributed by atoms with E-state index in [1.807, 2.05) is 0 Å². The van der Waals surface area contributed by atoms with E-state index in [1.54, 1.807) is 6.92 Å². The van der Waals surface area contributed by atoms with Crippen LogP contribution in [0.1, 0.15) is 66.2 Å². The lowest BCUT2D eigenvalue weighted by atomic mass is 10.0. The third-order valence-corrected chi connectivity index (χ3v) is 2.85. The monoisotopic (exact) mass is 252 g/mol. The molecule has 0 saturated heterocycles. The fourth-order valence-electron chi connectivity index (χ4n) is 1.66. The van der Waals surface area contributed by atoms with E-state index in [4.69, 9.17) is 5.11 Å². The second-order valence-corrected chi connectivity index (χ2v) is 5.34. The van der Waals surface area contributed by atoms with Crippen LogP contribution in [0.5, 0.6) is 0 Å². The zero-order valence-corrected chi connectivity index (χ0v) is 12.3. The van der Waals surface area contributed by atoms with Crippen molar-refractivity contribution < 1.29 is 9.90 Å². The Hall–Kier alpha value is -0.890. The normalized spacial score (nSPS) is 13.3. The molecule has 104 valence electrons. The molecule has 0 amide bonds. The second-order valence-electron chi connectivity index (χ2n) is 5.34. The molecule has 0 heterocycles. The molecule has 0 aromatic carbocycles. The smallest absolute Gasteiger partial charge is 0.133 e. The average Bonchev–Trinajstić information content (AvgIpc) is 2.25. The third kappa shape index (κ3) is 11.6. The Kier molecular flexibility index (Phi) is 9.57. The van der Waals surface area contributed by atoms with E-state index in [9.17, 15) is 4.79 Å².